The van der Waals surface area contributed by atoms with E-state index in [0.717, 1.165) is 59.7 Å². The molecule has 1 aliphatic carbocycles. The molecule has 1 saturated heterocycles. The van der Waals surface area contributed by atoms with E-state index >= 15 is 0 Å². The van der Waals surface area contributed by atoms with Crippen molar-refractivity contribution in [2.24, 2.45) is 0 Å². The van der Waals surface area contributed by atoms with E-state index in [1.165, 1.54) is 11.8 Å². The smallest absolute Gasteiger partial charge is 0.230 e. The molecule has 1 saturated carbocycles. The normalized spacial score (nSPS) is 19.4. The number of carbonyl (C=O) groups excluding carboxylic acids is 1. The summed E-state index contributed by atoms with van der Waals surface area (Å²) in [5.41, 5.74) is 2.15. The maximum Gasteiger partial charge on any atom is 0.230 e. The van der Waals surface area contributed by atoms with E-state index in [1.54, 1.807) is 0 Å². The van der Waals surface area contributed by atoms with Crippen molar-refractivity contribution in [3.63, 3.8) is 0 Å². The number of H-pyrrole nitrogens is 1. The van der Waals surface area contributed by atoms with Crippen LogP contribution in [0.3, 0.4) is 0 Å². The Morgan fingerprint density at radius 1 is 1.29 bits per heavy atom. The summed E-state index contributed by atoms with van der Waals surface area (Å²) in [4.78, 5) is 15.5. The van der Waals surface area contributed by atoms with Gasteiger partial charge in [0, 0.05) is 41.9 Å². The Labute approximate surface area is 167 Å². The van der Waals surface area contributed by atoms with Gasteiger partial charge >= 0.3 is 0 Å². The van der Waals surface area contributed by atoms with Gasteiger partial charge in [-0.1, -0.05) is 30.0 Å². The van der Waals surface area contributed by atoms with Gasteiger partial charge in [0.1, 0.15) is 0 Å². The van der Waals surface area contributed by atoms with E-state index < -0.39 is 0 Å². The Bertz CT molecular complexity index is 988. The summed E-state index contributed by atoms with van der Waals surface area (Å²) in [6.45, 7) is 1.39. The second-order valence-corrected chi connectivity index (χ2v) is 8.33. The zero-order chi connectivity index (χ0) is 18.9. The molecule has 2 N–H and O–H groups in total. The first kappa shape index (κ1) is 17.8. The minimum atomic E-state index is 0.0134. The highest BCUT2D eigenvalue weighted by Gasteiger charge is 2.31. The molecule has 2 aromatic heterocycles. The molecule has 1 atom stereocenters. The Kier molecular flexibility index (Phi) is 4.82. The minimum absolute atomic E-state index is 0.0134. The monoisotopic (exact) mass is 397 g/mol. The molecule has 3 heterocycles. The van der Waals surface area contributed by atoms with Crippen molar-refractivity contribution in [3.05, 3.63) is 30.5 Å². The van der Waals surface area contributed by atoms with Gasteiger partial charge in [-0.3, -0.25) is 9.36 Å². The first-order valence-electron chi connectivity index (χ1n) is 9.82. The molecule has 7 nitrogen and oxygen atoms in total. The summed E-state index contributed by atoms with van der Waals surface area (Å²) in [5, 5.41) is 13.8. The van der Waals surface area contributed by atoms with Crippen molar-refractivity contribution in [1.29, 1.82) is 0 Å². The van der Waals surface area contributed by atoms with E-state index in [1.807, 2.05) is 18.3 Å². The number of carbonyl (C=O) groups is 1. The number of thioether (sulfide) groups is 1. The van der Waals surface area contributed by atoms with Crippen LogP contribution < -0.4 is 5.32 Å². The minimum Gasteiger partial charge on any atom is -0.376 e. The Hall–Kier alpha value is -2.32. The Balaban J connectivity index is 1.31. The number of nitrogens with one attached hydrogen (secondary N) is 2. The summed E-state index contributed by atoms with van der Waals surface area (Å²) in [6.07, 6.45) is 6.53. The molecular weight excluding hydrogens is 374 g/mol. The predicted octanol–water partition coefficient (Wildman–Crippen LogP) is 3.15. The molecule has 8 heteroatoms. The van der Waals surface area contributed by atoms with Gasteiger partial charge in [0.05, 0.1) is 11.9 Å². The molecule has 2 aliphatic rings. The fourth-order valence-corrected chi connectivity index (χ4v) is 4.53. The molecule has 28 heavy (non-hydrogen) atoms. The van der Waals surface area contributed by atoms with E-state index in [9.17, 15) is 4.79 Å². The number of aromatic amines is 1. The van der Waals surface area contributed by atoms with Crippen LogP contribution in [0.2, 0.25) is 0 Å². The molecule has 0 radical (unpaired) electrons. The molecule has 1 amide bonds. The van der Waals surface area contributed by atoms with Crippen molar-refractivity contribution in [1.82, 2.24) is 25.1 Å². The lowest BCUT2D eigenvalue weighted by molar-refractivity contribution is -0.119. The second kappa shape index (κ2) is 7.60. The van der Waals surface area contributed by atoms with E-state index in [-0.39, 0.29) is 12.0 Å². The molecule has 146 valence electrons. The van der Waals surface area contributed by atoms with Gasteiger partial charge in [-0.05, 0) is 31.7 Å². The summed E-state index contributed by atoms with van der Waals surface area (Å²) in [7, 11) is 0. The number of para-hydroxylation sites is 1. The van der Waals surface area contributed by atoms with Crippen molar-refractivity contribution >= 4 is 28.6 Å². The average Bonchev–Trinajstić information content (AvgIpc) is 3.13. The van der Waals surface area contributed by atoms with Crippen LogP contribution in [0.25, 0.3) is 22.3 Å². The van der Waals surface area contributed by atoms with Crippen molar-refractivity contribution in [2.45, 2.75) is 43.0 Å². The number of nitrogens with zero attached hydrogens (tertiary/aromatic N) is 3. The molecule has 0 spiro atoms. The molecule has 0 unspecified atom stereocenters. The van der Waals surface area contributed by atoms with Gasteiger partial charge in [-0.25, -0.2) is 0 Å². The summed E-state index contributed by atoms with van der Waals surface area (Å²) in [6, 6.07) is 8.63. The standard InChI is InChI=1S/C20H23N5O2S/c26-18(22-10-14-4-3-9-27-14)12-28-20-24-23-19(25(20)13-7-8-13)16-11-21-17-6-2-1-5-15(16)17/h1-2,5-6,11,13-14,21H,3-4,7-10,12H2,(H,22,26)/t14-/m1/s1. The first-order chi connectivity index (χ1) is 13.8. The van der Waals surface area contributed by atoms with Crippen LogP contribution in [0.4, 0.5) is 0 Å². The predicted molar refractivity (Wildman–Crippen MR) is 108 cm³/mol. The highest BCUT2D eigenvalue weighted by Crippen LogP contribution is 2.42. The lowest BCUT2D eigenvalue weighted by Crippen LogP contribution is -2.32. The lowest BCUT2D eigenvalue weighted by Gasteiger charge is -2.11. The number of amides is 1. The highest BCUT2D eigenvalue weighted by atomic mass is 32.2. The maximum absolute atomic E-state index is 12.2. The fourth-order valence-electron chi connectivity index (χ4n) is 3.69. The number of hydrogen-bond donors (Lipinski definition) is 2. The number of aromatic nitrogens is 4. The molecule has 2 fully saturated rings. The third kappa shape index (κ3) is 3.54. The van der Waals surface area contributed by atoms with Crippen LogP contribution in [0.15, 0.2) is 35.6 Å². The van der Waals surface area contributed by atoms with Crippen LogP contribution in [0, 0.1) is 0 Å². The third-order valence-corrected chi connectivity index (χ3v) is 6.23. The van der Waals surface area contributed by atoms with Gasteiger partial charge in [0.15, 0.2) is 11.0 Å². The number of ether oxygens (including phenoxy) is 1. The zero-order valence-electron chi connectivity index (χ0n) is 15.6. The summed E-state index contributed by atoms with van der Waals surface area (Å²) in [5.74, 6) is 1.23. The summed E-state index contributed by atoms with van der Waals surface area (Å²) >= 11 is 1.46. The number of hydrogen-bond acceptors (Lipinski definition) is 5. The number of benzene rings is 1. The molecule has 0 bridgehead atoms. The van der Waals surface area contributed by atoms with Gasteiger partial charge in [-0.15, -0.1) is 10.2 Å². The SMILES string of the molecule is O=C(CSc1nnc(-c2c[nH]c3ccccc23)n1C1CC1)NC[C@H]1CCCO1. The fraction of sp³-hybridized carbons (Fsp3) is 0.450. The topological polar surface area (TPSA) is 84.8 Å². The van der Waals surface area contributed by atoms with Crippen LogP contribution in [0.1, 0.15) is 31.7 Å². The quantitative estimate of drug-likeness (QED) is 0.598. The number of rotatable bonds is 7. The number of fused-ring (bicyclic) bond motifs is 1. The van der Waals surface area contributed by atoms with Crippen LogP contribution in [-0.2, 0) is 9.53 Å². The van der Waals surface area contributed by atoms with Crippen molar-refractivity contribution in [2.75, 3.05) is 18.9 Å². The van der Waals surface area contributed by atoms with Crippen LogP contribution in [-0.4, -0.2) is 50.7 Å². The highest BCUT2D eigenvalue weighted by molar-refractivity contribution is 7.99. The van der Waals surface area contributed by atoms with E-state index in [2.05, 4.69) is 37.2 Å². The third-order valence-electron chi connectivity index (χ3n) is 5.29. The van der Waals surface area contributed by atoms with Gasteiger partial charge in [0.2, 0.25) is 5.91 Å². The molecular formula is C20H23N5O2S. The molecule has 1 aliphatic heterocycles. The van der Waals surface area contributed by atoms with Gasteiger partial charge < -0.3 is 15.0 Å². The van der Waals surface area contributed by atoms with Crippen molar-refractivity contribution < 1.29 is 9.53 Å². The Morgan fingerprint density at radius 2 is 2.18 bits per heavy atom. The van der Waals surface area contributed by atoms with E-state index in [0.29, 0.717) is 18.3 Å². The van der Waals surface area contributed by atoms with Gasteiger partial charge in [0.25, 0.3) is 0 Å². The largest absolute Gasteiger partial charge is 0.376 e. The maximum atomic E-state index is 12.2. The summed E-state index contributed by atoms with van der Waals surface area (Å²) < 4.78 is 7.76. The Morgan fingerprint density at radius 3 is 3.00 bits per heavy atom. The molecule has 5 rings (SSSR count). The average molecular weight is 398 g/mol. The van der Waals surface area contributed by atoms with Gasteiger partial charge in [-0.2, -0.15) is 0 Å². The first-order valence-corrected chi connectivity index (χ1v) is 10.8. The lowest BCUT2D eigenvalue weighted by atomic mass is 10.1. The second-order valence-electron chi connectivity index (χ2n) is 7.38. The zero-order valence-corrected chi connectivity index (χ0v) is 16.4. The molecule has 3 aromatic rings. The van der Waals surface area contributed by atoms with Crippen LogP contribution in [0.5, 0.6) is 0 Å². The van der Waals surface area contributed by atoms with Crippen LogP contribution >= 0.6 is 11.8 Å². The van der Waals surface area contributed by atoms with Crippen molar-refractivity contribution in [3.8, 4) is 11.4 Å². The molecule has 1 aromatic carbocycles. The van der Waals surface area contributed by atoms with E-state index in [4.69, 9.17) is 4.74 Å².